The van der Waals surface area contributed by atoms with Gasteiger partial charge in [0, 0.05) is 30.1 Å². The Balaban J connectivity index is 1.80. The lowest BCUT2D eigenvalue weighted by Gasteiger charge is -2.34. The van der Waals surface area contributed by atoms with E-state index in [1.165, 1.54) is 24.2 Å². The Morgan fingerprint density at radius 2 is 1.95 bits per heavy atom. The minimum atomic E-state index is -3.32. The highest BCUT2D eigenvalue weighted by Gasteiger charge is 2.39. The molecule has 2 aliphatic rings. The fraction of sp³-hybridized carbons (Fsp3) is 0.714. The monoisotopic (exact) mass is 314 g/mol. The number of hydrogen-bond donors (Lipinski definition) is 1. The molecule has 0 saturated carbocycles. The molecule has 112 valence electrons. The van der Waals surface area contributed by atoms with Crippen LogP contribution in [0.15, 0.2) is 16.3 Å². The topological polar surface area (TPSA) is 49.4 Å². The third-order valence-electron chi connectivity index (χ3n) is 4.58. The lowest BCUT2D eigenvalue weighted by molar-refractivity contribution is 0.252. The molecule has 0 amide bonds. The highest BCUT2D eigenvalue weighted by atomic mass is 32.2. The molecular formula is C14H22N2O2S2. The van der Waals surface area contributed by atoms with E-state index < -0.39 is 10.0 Å². The summed E-state index contributed by atoms with van der Waals surface area (Å²) in [4.78, 5) is 1.13. The van der Waals surface area contributed by atoms with E-state index in [1.54, 1.807) is 17.4 Å². The van der Waals surface area contributed by atoms with E-state index in [0.29, 0.717) is 16.3 Å². The minimum Gasteiger partial charge on any atom is -0.311 e. The van der Waals surface area contributed by atoms with Crippen LogP contribution in [-0.4, -0.2) is 37.9 Å². The molecule has 1 aromatic heterocycles. The average molecular weight is 314 g/mol. The predicted octanol–water partition coefficient (Wildman–Crippen LogP) is 2.21. The normalized spacial score (nSPS) is 30.1. The third kappa shape index (κ3) is 2.54. The molecule has 2 atom stereocenters. The van der Waals surface area contributed by atoms with E-state index in [1.807, 2.05) is 6.07 Å². The molecule has 2 saturated heterocycles. The summed E-state index contributed by atoms with van der Waals surface area (Å²) < 4.78 is 27.5. The van der Waals surface area contributed by atoms with Gasteiger partial charge in [-0.25, -0.2) is 8.42 Å². The Morgan fingerprint density at radius 1 is 1.30 bits per heavy atom. The van der Waals surface area contributed by atoms with E-state index in [4.69, 9.17) is 0 Å². The van der Waals surface area contributed by atoms with Crippen LogP contribution in [0.25, 0.3) is 0 Å². The fourth-order valence-electron chi connectivity index (χ4n) is 3.35. The highest BCUT2D eigenvalue weighted by molar-refractivity contribution is 7.91. The SMILES string of the molecule is CCc1ccc(S(=O)(=O)N(C)C2CC3CCC(C2)N3)s1. The molecule has 2 unspecified atom stereocenters. The first-order valence-corrected chi connectivity index (χ1v) is 9.59. The summed E-state index contributed by atoms with van der Waals surface area (Å²) >= 11 is 1.40. The first-order valence-electron chi connectivity index (χ1n) is 7.33. The maximum atomic E-state index is 12.7. The fourth-order valence-corrected chi connectivity index (χ4v) is 6.21. The average Bonchev–Trinajstić information content (AvgIpc) is 3.04. The third-order valence-corrected chi connectivity index (χ3v) is 8.19. The van der Waals surface area contributed by atoms with Crippen molar-refractivity contribution in [3.63, 3.8) is 0 Å². The van der Waals surface area contributed by atoms with Crippen molar-refractivity contribution in [1.29, 1.82) is 0 Å². The number of thiophene rings is 1. The summed E-state index contributed by atoms with van der Waals surface area (Å²) in [5, 5.41) is 3.56. The van der Waals surface area contributed by atoms with Crippen LogP contribution in [0.4, 0.5) is 0 Å². The van der Waals surface area contributed by atoms with Gasteiger partial charge in [0.2, 0.25) is 0 Å². The lowest BCUT2D eigenvalue weighted by Crippen LogP contribution is -2.48. The number of sulfonamides is 1. The van der Waals surface area contributed by atoms with E-state index in [9.17, 15) is 8.42 Å². The molecule has 1 aromatic rings. The number of nitrogens with one attached hydrogen (secondary N) is 1. The van der Waals surface area contributed by atoms with Gasteiger partial charge < -0.3 is 5.32 Å². The number of nitrogens with zero attached hydrogens (tertiary/aromatic N) is 1. The van der Waals surface area contributed by atoms with Gasteiger partial charge in [0.05, 0.1) is 0 Å². The van der Waals surface area contributed by atoms with Gasteiger partial charge in [-0.05, 0) is 44.2 Å². The number of hydrogen-bond acceptors (Lipinski definition) is 4. The molecule has 2 aliphatic heterocycles. The van der Waals surface area contributed by atoms with Gasteiger partial charge in [0.1, 0.15) is 4.21 Å². The zero-order chi connectivity index (χ0) is 14.3. The first kappa shape index (κ1) is 14.5. The molecule has 2 fully saturated rings. The van der Waals surface area contributed by atoms with E-state index in [2.05, 4.69) is 12.2 Å². The van der Waals surface area contributed by atoms with Gasteiger partial charge >= 0.3 is 0 Å². The van der Waals surface area contributed by atoms with Gasteiger partial charge in [-0.15, -0.1) is 11.3 Å². The van der Waals surface area contributed by atoms with Gasteiger partial charge in [0.15, 0.2) is 0 Å². The first-order chi connectivity index (χ1) is 9.50. The van der Waals surface area contributed by atoms with Crippen molar-refractivity contribution >= 4 is 21.4 Å². The van der Waals surface area contributed by atoms with Crippen molar-refractivity contribution in [3.05, 3.63) is 17.0 Å². The van der Waals surface area contributed by atoms with E-state index >= 15 is 0 Å². The van der Waals surface area contributed by atoms with Crippen molar-refractivity contribution in [2.75, 3.05) is 7.05 Å². The molecule has 1 N–H and O–H groups in total. The van der Waals surface area contributed by atoms with Crippen LogP contribution >= 0.6 is 11.3 Å². The smallest absolute Gasteiger partial charge is 0.252 e. The largest absolute Gasteiger partial charge is 0.311 e. The highest BCUT2D eigenvalue weighted by Crippen LogP contribution is 2.33. The molecule has 0 aromatic carbocycles. The predicted molar refractivity (Wildman–Crippen MR) is 81.6 cm³/mol. The van der Waals surface area contributed by atoms with Gasteiger partial charge in [0.25, 0.3) is 10.0 Å². The Bertz CT molecular complexity index is 570. The van der Waals surface area contributed by atoms with Crippen molar-refractivity contribution in [2.45, 2.75) is 61.4 Å². The van der Waals surface area contributed by atoms with Crippen LogP contribution in [-0.2, 0) is 16.4 Å². The zero-order valence-corrected chi connectivity index (χ0v) is 13.6. The standard InChI is InChI=1S/C14H22N2O2S2/c1-3-13-6-7-14(19-13)20(17,18)16(2)12-8-10-4-5-11(9-12)15-10/h6-7,10-12,15H,3-5,8-9H2,1-2H3. The summed E-state index contributed by atoms with van der Waals surface area (Å²) in [6.45, 7) is 2.05. The van der Waals surface area contributed by atoms with Crippen molar-refractivity contribution in [1.82, 2.24) is 9.62 Å². The van der Waals surface area contributed by atoms with Gasteiger partial charge in [-0.2, -0.15) is 4.31 Å². The number of aryl methyl sites for hydroxylation is 1. The summed E-state index contributed by atoms with van der Waals surface area (Å²) in [7, 11) is -1.58. The molecule has 3 rings (SSSR count). The molecule has 20 heavy (non-hydrogen) atoms. The van der Waals surface area contributed by atoms with Gasteiger partial charge in [-0.3, -0.25) is 0 Å². The molecular weight excluding hydrogens is 292 g/mol. The molecule has 0 radical (unpaired) electrons. The van der Waals surface area contributed by atoms with Gasteiger partial charge in [-0.1, -0.05) is 6.92 Å². The lowest BCUT2D eigenvalue weighted by atomic mass is 10.0. The second kappa shape index (κ2) is 5.40. The molecule has 6 heteroatoms. The zero-order valence-electron chi connectivity index (χ0n) is 12.0. The maximum Gasteiger partial charge on any atom is 0.252 e. The van der Waals surface area contributed by atoms with Crippen LogP contribution < -0.4 is 5.32 Å². The molecule has 0 spiro atoms. The molecule has 4 nitrogen and oxygen atoms in total. The molecule has 3 heterocycles. The molecule has 0 aliphatic carbocycles. The second-order valence-corrected chi connectivity index (χ2v) is 9.25. The van der Waals surface area contributed by atoms with Crippen LogP contribution in [0.5, 0.6) is 0 Å². The van der Waals surface area contributed by atoms with Crippen LogP contribution in [0.2, 0.25) is 0 Å². The van der Waals surface area contributed by atoms with Crippen molar-refractivity contribution in [2.24, 2.45) is 0 Å². The van der Waals surface area contributed by atoms with Crippen molar-refractivity contribution in [3.8, 4) is 0 Å². The quantitative estimate of drug-likeness (QED) is 0.927. The summed E-state index contributed by atoms with van der Waals surface area (Å²) in [5.41, 5.74) is 0. The summed E-state index contributed by atoms with van der Waals surface area (Å²) in [6.07, 6.45) is 5.15. The van der Waals surface area contributed by atoms with Crippen LogP contribution in [0.1, 0.15) is 37.5 Å². The van der Waals surface area contributed by atoms with E-state index in [0.717, 1.165) is 24.1 Å². The van der Waals surface area contributed by atoms with Crippen LogP contribution in [0.3, 0.4) is 0 Å². The summed E-state index contributed by atoms with van der Waals surface area (Å²) in [5.74, 6) is 0. The van der Waals surface area contributed by atoms with Crippen LogP contribution in [0, 0.1) is 0 Å². The number of piperidine rings is 1. The van der Waals surface area contributed by atoms with E-state index in [-0.39, 0.29) is 6.04 Å². The second-order valence-electron chi connectivity index (χ2n) is 5.86. The Morgan fingerprint density at radius 3 is 2.50 bits per heavy atom. The Kier molecular flexibility index (Phi) is 3.92. The summed E-state index contributed by atoms with van der Waals surface area (Å²) in [6, 6.07) is 4.84. The number of fused-ring (bicyclic) bond motifs is 2. The Hall–Kier alpha value is -0.430. The molecule has 2 bridgehead atoms. The minimum absolute atomic E-state index is 0.144. The van der Waals surface area contributed by atoms with Crippen molar-refractivity contribution < 1.29 is 8.42 Å². The number of rotatable bonds is 4. The Labute approximate surface area is 125 Å². The maximum absolute atomic E-state index is 12.7.